The number of nitrogens with one attached hydrogen (secondary N) is 2. The van der Waals surface area contributed by atoms with E-state index in [1.807, 2.05) is 45.9 Å². The minimum atomic E-state index is -0.650. The number of hydrogen-bond donors (Lipinski definition) is 2. The van der Waals surface area contributed by atoms with Gasteiger partial charge in [-0.2, -0.15) is 5.10 Å². The second-order valence-electron chi connectivity index (χ2n) is 12.7. The number of carbonyl (C=O) groups excluding carboxylic acids is 2. The van der Waals surface area contributed by atoms with Crippen LogP contribution in [-0.2, 0) is 5.41 Å². The summed E-state index contributed by atoms with van der Waals surface area (Å²) in [5.41, 5.74) is 2.44. The molecule has 2 amide bonds. The second kappa shape index (κ2) is 13.6. The minimum Gasteiger partial charge on any atom is -0.457 e. The zero-order valence-corrected chi connectivity index (χ0v) is 26.6. The van der Waals surface area contributed by atoms with Crippen LogP contribution in [0.15, 0.2) is 66.9 Å². The molecule has 1 aliphatic rings. The van der Waals surface area contributed by atoms with E-state index >= 15 is 0 Å². The van der Waals surface area contributed by atoms with E-state index in [0.29, 0.717) is 35.3 Å². The Morgan fingerprint density at radius 1 is 1.04 bits per heavy atom. The van der Waals surface area contributed by atoms with Gasteiger partial charge in [-0.15, -0.1) is 0 Å². The van der Waals surface area contributed by atoms with Crippen LogP contribution in [0.25, 0.3) is 5.69 Å². The first-order valence-electron chi connectivity index (χ1n) is 15.4. The fourth-order valence-electron chi connectivity index (χ4n) is 5.48. The summed E-state index contributed by atoms with van der Waals surface area (Å²) < 4.78 is 22.3. The molecule has 1 atom stereocenters. The van der Waals surface area contributed by atoms with E-state index in [1.54, 1.807) is 41.2 Å². The summed E-state index contributed by atoms with van der Waals surface area (Å²) in [4.78, 5) is 32.7. The summed E-state index contributed by atoms with van der Waals surface area (Å²) in [5, 5.41) is 10.2. The van der Waals surface area contributed by atoms with E-state index in [0.717, 1.165) is 30.8 Å². The molecule has 1 saturated heterocycles. The van der Waals surface area contributed by atoms with Crippen LogP contribution < -0.4 is 15.4 Å². The fraction of sp³-hybridized carbons (Fsp3) is 0.371. The van der Waals surface area contributed by atoms with Gasteiger partial charge in [0.05, 0.1) is 17.1 Å². The predicted molar refractivity (Wildman–Crippen MR) is 174 cm³/mol. The summed E-state index contributed by atoms with van der Waals surface area (Å²) in [5.74, 6) is 0.640. The molecule has 2 N–H and O–H groups in total. The largest absolute Gasteiger partial charge is 0.457 e. The topological polar surface area (TPSA) is 101 Å². The molecule has 4 aromatic rings. The SMILES string of the molecule is Cc1cc(Oc2ccc(NC(=O)Nc3cc(C(C)(C)C)nn3-c3cccc(C(=O)CCCC4CCCN4C)c3)c(F)c2)ccn1. The van der Waals surface area contributed by atoms with Crippen molar-refractivity contribution in [1.29, 1.82) is 0 Å². The smallest absolute Gasteiger partial charge is 0.324 e. The Morgan fingerprint density at radius 2 is 1.84 bits per heavy atom. The summed E-state index contributed by atoms with van der Waals surface area (Å²) >= 11 is 0. The quantitative estimate of drug-likeness (QED) is 0.177. The zero-order chi connectivity index (χ0) is 32.1. The lowest BCUT2D eigenvalue weighted by atomic mass is 9.92. The Hall–Kier alpha value is -4.57. The van der Waals surface area contributed by atoms with E-state index in [-0.39, 0.29) is 22.6 Å². The standard InChI is InChI=1S/C35H41FN6O3/c1-23-19-28(16-17-37-23)45-27-14-15-30(29(36)21-27)38-34(44)39-33-22-32(35(2,3)4)40-42(33)26-11-6-9-24(20-26)31(43)13-7-10-25-12-8-18-41(25)5/h6,9,11,14-17,19-22,25H,7-8,10,12-13,18H2,1-5H3,(H2,38,39,44). The van der Waals surface area contributed by atoms with E-state index in [1.165, 1.54) is 25.0 Å². The van der Waals surface area contributed by atoms with Gasteiger partial charge in [0.25, 0.3) is 0 Å². The van der Waals surface area contributed by atoms with Crippen molar-refractivity contribution in [3.8, 4) is 17.2 Å². The molecule has 3 heterocycles. The molecule has 0 saturated carbocycles. The van der Waals surface area contributed by atoms with Gasteiger partial charge >= 0.3 is 6.03 Å². The summed E-state index contributed by atoms with van der Waals surface area (Å²) in [7, 11) is 2.15. The molecule has 2 aromatic heterocycles. The number of anilines is 2. The lowest BCUT2D eigenvalue weighted by Gasteiger charge is -2.18. The summed E-state index contributed by atoms with van der Waals surface area (Å²) in [6.07, 6.45) is 6.35. The number of pyridine rings is 1. The Labute approximate surface area is 263 Å². The summed E-state index contributed by atoms with van der Waals surface area (Å²) in [6, 6.07) is 16.6. The number of halogens is 1. The van der Waals surface area contributed by atoms with Crippen molar-refractivity contribution in [2.45, 2.75) is 71.3 Å². The highest BCUT2D eigenvalue weighted by atomic mass is 19.1. The van der Waals surface area contributed by atoms with Crippen LogP contribution in [0.3, 0.4) is 0 Å². The molecule has 5 rings (SSSR count). The lowest BCUT2D eigenvalue weighted by molar-refractivity contribution is 0.0976. The second-order valence-corrected chi connectivity index (χ2v) is 12.7. The van der Waals surface area contributed by atoms with Crippen molar-refractivity contribution in [1.82, 2.24) is 19.7 Å². The van der Waals surface area contributed by atoms with Gasteiger partial charge < -0.3 is 15.0 Å². The molecular formula is C35H41FN6O3. The highest BCUT2D eigenvalue weighted by Crippen LogP contribution is 2.29. The molecule has 0 radical (unpaired) electrons. The average molecular weight is 613 g/mol. The molecule has 1 aliphatic heterocycles. The molecule has 0 aliphatic carbocycles. The molecule has 2 aromatic carbocycles. The van der Waals surface area contributed by atoms with Gasteiger partial charge in [-0.25, -0.2) is 13.9 Å². The van der Waals surface area contributed by atoms with Crippen LogP contribution >= 0.6 is 0 Å². The average Bonchev–Trinajstić information content (AvgIpc) is 3.60. The highest BCUT2D eigenvalue weighted by Gasteiger charge is 2.23. The number of likely N-dealkylation sites (tertiary alicyclic amines) is 1. The van der Waals surface area contributed by atoms with Gasteiger partial charge in [-0.1, -0.05) is 32.9 Å². The first-order valence-corrected chi connectivity index (χ1v) is 15.4. The van der Waals surface area contributed by atoms with Crippen molar-refractivity contribution in [3.05, 3.63) is 89.6 Å². The molecule has 9 nitrogen and oxygen atoms in total. The normalized spacial score (nSPS) is 15.2. The van der Waals surface area contributed by atoms with Crippen molar-refractivity contribution in [2.24, 2.45) is 0 Å². The zero-order valence-electron chi connectivity index (χ0n) is 26.6. The number of aryl methyl sites for hydroxylation is 1. The fourth-order valence-corrected chi connectivity index (χ4v) is 5.48. The van der Waals surface area contributed by atoms with Gasteiger partial charge in [0, 0.05) is 53.5 Å². The molecule has 1 fully saturated rings. The van der Waals surface area contributed by atoms with Crippen LogP contribution in [0.5, 0.6) is 11.5 Å². The number of Topliss-reactive ketones (excluding diaryl/α,β-unsaturated/α-hetero) is 1. The third-order valence-electron chi connectivity index (χ3n) is 8.04. The number of nitrogens with zero attached hydrogens (tertiary/aromatic N) is 4. The first kappa shape index (κ1) is 31.8. The van der Waals surface area contributed by atoms with E-state index < -0.39 is 11.8 Å². The van der Waals surface area contributed by atoms with Gasteiger partial charge in [0.15, 0.2) is 5.78 Å². The van der Waals surface area contributed by atoms with Crippen molar-refractivity contribution in [3.63, 3.8) is 0 Å². The minimum absolute atomic E-state index is 0.00994. The number of urea groups is 1. The Kier molecular flexibility index (Phi) is 9.63. The van der Waals surface area contributed by atoms with Crippen LogP contribution in [0.4, 0.5) is 20.7 Å². The number of aromatic nitrogens is 3. The van der Waals surface area contributed by atoms with E-state index in [2.05, 4.69) is 27.6 Å². The van der Waals surface area contributed by atoms with E-state index in [9.17, 15) is 14.0 Å². The third kappa shape index (κ3) is 8.13. The Morgan fingerprint density at radius 3 is 2.56 bits per heavy atom. The molecule has 0 bridgehead atoms. The first-order chi connectivity index (χ1) is 21.5. The van der Waals surface area contributed by atoms with Crippen molar-refractivity contribution >= 4 is 23.3 Å². The van der Waals surface area contributed by atoms with Gasteiger partial charge in [0.2, 0.25) is 0 Å². The van der Waals surface area contributed by atoms with Crippen LogP contribution in [-0.4, -0.2) is 51.1 Å². The lowest BCUT2D eigenvalue weighted by Crippen LogP contribution is -2.24. The Bertz CT molecular complexity index is 1680. The molecule has 10 heteroatoms. The maximum absolute atomic E-state index is 15.0. The number of ketones is 1. The maximum Gasteiger partial charge on any atom is 0.324 e. The molecular weight excluding hydrogens is 571 g/mol. The number of carbonyl (C=O) groups is 2. The Balaban J connectivity index is 1.29. The molecule has 1 unspecified atom stereocenters. The molecule has 45 heavy (non-hydrogen) atoms. The van der Waals surface area contributed by atoms with Crippen molar-refractivity contribution < 1.29 is 18.7 Å². The highest BCUT2D eigenvalue weighted by molar-refractivity contribution is 6.00. The van der Waals surface area contributed by atoms with Crippen molar-refractivity contribution in [2.75, 3.05) is 24.2 Å². The van der Waals surface area contributed by atoms with E-state index in [4.69, 9.17) is 9.84 Å². The van der Waals surface area contributed by atoms with Crippen LogP contribution in [0.2, 0.25) is 0 Å². The predicted octanol–water partition coefficient (Wildman–Crippen LogP) is 7.90. The number of rotatable bonds is 10. The van der Waals surface area contributed by atoms with Crippen LogP contribution in [0, 0.1) is 12.7 Å². The summed E-state index contributed by atoms with van der Waals surface area (Å²) in [6.45, 7) is 9.04. The van der Waals surface area contributed by atoms with Gasteiger partial charge in [-0.05, 0) is 76.5 Å². The number of benzene rings is 2. The van der Waals surface area contributed by atoms with Crippen LogP contribution in [0.1, 0.15) is 74.6 Å². The number of amides is 2. The number of ether oxygens (including phenoxy) is 1. The van der Waals surface area contributed by atoms with Gasteiger partial charge in [-0.3, -0.25) is 15.1 Å². The molecule has 0 spiro atoms. The molecule has 236 valence electrons. The monoisotopic (exact) mass is 612 g/mol. The third-order valence-corrected chi connectivity index (χ3v) is 8.04. The number of hydrogen-bond acceptors (Lipinski definition) is 6. The van der Waals surface area contributed by atoms with Gasteiger partial charge in [0.1, 0.15) is 23.1 Å². The maximum atomic E-state index is 15.0.